The van der Waals surface area contributed by atoms with Crippen molar-refractivity contribution in [3.8, 4) is 11.6 Å². The number of nitro groups is 1. The van der Waals surface area contributed by atoms with E-state index in [9.17, 15) is 14.9 Å². The molecule has 0 saturated heterocycles. The summed E-state index contributed by atoms with van der Waals surface area (Å²) in [4.78, 5) is 24.3. The summed E-state index contributed by atoms with van der Waals surface area (Å²) < 4.78 is 5.32. The zero-order valence-electron chi connectivity index (χ0n) is 9.52. The Morgan fingerprint density at radius 2 is 1.89 bits per heavy atom. The van der Waals surface area contributed by atoms with Crippen LogP contribution >= 0.6 is 0 Å². The number of carboxylic acids is 1. The van der Waals surface area contributed by atoms with E-state index < -0.39 is 10.9 Å². The number of rotatable bonds is 4. The lowest BCUT2D eigenvalue weighted by atomic mass is 10.2. The quantitative estimate of drug-likeness (QED) is 0.669. The summed E-state index contributed by atoms with van der Waals surface area (Å²) in [6.07, 6.45) is 1.08. The number of pyridine rings is 1. The van der Waals surface area contributed by atoms with E-state index in [1.165, 1.54) is 36.4 Å². The number of ether oxygens (including phenoxy) is 1. The largest absolute Gasteiger partial charge is 0.478 e. The van der Waals surface area contributed by atoms with Crippen LogP contribution in [0.3, 0.4) is 0 Å². The number of nitrogens with zero attached hydrogens (tertiary/aromatic N) is 2. The third-order valence-corrected chi connectivity index (χ3v) is 2.26. The van der Waals surface area contributed by atoms with Crippen molar-refractivity contribution in [1.82, 2.24) is 4.98 Å². The fourth-order valence-electron chi connectivity index (χ4n) is 1.33. The van der Waals surface area contributed by atoms with Gasteiger partial charge in [0.05, 0.1) is 10.5 Å². The average Bonchev–Trinajstić information content (AvgIpc) is 2.40. The molecule has 0 unspecified atom stereocenters. The molecular weight excluding hydrogens is 252 g/mol. The van der Waals surface area contributed by atoms with E-state index in [2.05, 4.69) is 4.98 Å². The van der Waals surface area contributed by atoms with Gasteiger partial charge in [-0.05, 0) is 24.3 Å². The maximum Gasteiger partial charge on any atom is 0.335 e. The predicted octanol–water partition coefficient (Wildman–Crippen LogP) is 2.48. The fourth-order valence-corrected chi connectivity index (χ4v) is 1.33. The van der Waals surface area contributed by atoms with Crippen molar-refractivity contribution < 1.29 is 19.6 Å². The highest BCUT2D eigenvalue weighted by atomic mass is 16.6. The molecule has 0 radical (unpaired) electrons. The zero-order chi connectivity index (χ0) is 13.8. The maximum absolute atomic E-state index is 10.7. The van der Waals surface area contributed by atoms with Crippen LogP contribution in [0.15, 0.2) is 42.6 Å². The molecule has 2 aromatic rings. The van der Waals surface area contributed by atoms with E-state index >= 15 is 0 Å². The molecule has 0 spiro atoms. The molecule has 0 aliphatic heterocycles. The Bertz CT molecular complexity index is 552. The van der Waals surface area contributed by atoms with Gasteiger partial charge in [0.25, 0.3) is 5.69 Å². The van der Waals surface area contributed by atoms with Crippen LogP contribution in [0.1, 0.15) is 10.4 Å². The van der Waals surface area contributed by atoms with Crippen LogP contribution < -0.4 is 4.74 Å². The SMILES string of the molecule is O=C(O)c1ccc(Oc2ccc([N+](=O)[O-])cn2)cc1. The number of aromatic carboxylic acids is 1. The van der Waals surface area contributed by atoms with E-state index in [1.54, 1.807) is 0 Å². The molecule has 0 amide bonds. The lowest BCUT2D eigenvalue weighted by molar-refractivity contribution is -0.385. The number of hydrogen-bond donors (Lipinski definition) is 1. The number of aromatic nitrogens is 1. The smallest absolute Gasteiger partial charge is 0.335 e. The highest BCUT2D eigenvalue weighted by molar-refractivity contribution is 5.87. The zero-order valence-corrected chi connectivity index (χ0v) is 9.52. The summed E-state index contributed by atoms with van der Waals surface area (Å²) in [7, 11) is 0. The van der Waals surface area contributed by atoms with Crippen molar-refractivity contribution in [2.24, 2.45) is 0 Å². The van der Waals surface area contributed by atoms with E-state index in [4.69, 9.17) is 9.84 Å². The molecule has 1 aromatic heterocycles. The predicted molar refractivity (Wildman–Crippen MR) is 64.4 cm³/mol. The van der Waals surface area contributed by atoms with Gasteiger partial charge in [0.2, 0.25) is 5.88 Å². The van der Waals surface area contributed by atoms with Gasteiger partial charge in [-0.3, -0.25) is 10.1 Å². The Balaban J connectivity index is 2.12. The highest BCUT2D eigenvalue weighted by Gasteiger charge is 2.07. The van der Waals surface area contributed by atoms with Gasteiger partial charge in [-0.1, -0.05) is 0 Å². The third-order valence-electron chi connectivity index (χ3n) is 2.26. The van der Waals surface area contributed by atoms with Gasteiger partial charge in [-0.25, -0.2) is 9.78 Å². The minimum atomic E-state index is -1.03. The first-order valence-corrected chi connectivity index (χ1v) is 5.18. The summed E-state index contributed by atoms with van der Waals surface area (Å²) >= 11 is 0. The average molecular weight is 260 g/mol. The number of carboxylic acid groups (broad SMARTS) is 1. The minimum Gasteiger partial charge on any atom is -0.478 e. The molecule has 7 heteroatoms. The molecule has 0 atom stereocenters. The lowest BCUT2D eigenvalue weighted by Crippen LogP contribution is -1.95. The second-order valence-electron chi connectivity index (χ2n) is 3.54. The van der Waals surface area contributed by atoms with E-state index in [0.29, 0.717) is 5.75 Å². The molecule has 96 valence electrons. The normalized spacial score (nSPS) is 9.89. The van der Waals surface area contributed by atoms with E-state index in [1.807, 2.05) is 0 Å². The van der Waals surface area contributed by atoms with Gasteiger partial charge in [-0.15, -0.1) is 0 Å². The molecule has 0 fully saturated rings. The fraction of sp³-hybridized carbons (Fsp3) is 0. The molecule has 1 heterocycles. The highest BCUT2D eigenvalue weighted by Crippen LogP contribution is 2.21. The molecular formula is C12H8N2O5. The van der Waals surface area contributed by atoms with Gasteiger partial charge in [0.15, 0.2) is 0 Å². The van der Waals surface area contributed by atoms with Crippen molar-refractivity contribution in [2.45, 2.75) is 0 Å². The van der Waals surface area contributed by atoms with E-state index in [-0.39, 0.29) is 17.1 Å². The molecule has 19 heavy (non-hydrogen) atoms. The van der Waals surface area contributed by atoms with Gasteiger partial charge >= 0.3 is 5.97 Å². The molecule has 0 aliphatic rings. The van der Waals surface area contributed by atoms with Gasteiger partial charge in [-0.2, -0.15) is 0 Å². The molecule has 0 aliphatic carbocycles. The lowest BCUT2D eigenvalue weighted by Gasteiger charge is -2.04. The molecule has 1 aromatic carbocycles. The minimum absolute atomic E-state index is 0.131. The Morgan fingerprint density at radius 1 is 1.21 bits per heavy atom. The molecule has 7 nitrogen and oxygen atoms in total. The van der Waals surface area contributed by atoms with Crippen LogP contribution in [0.4, 0.5) is 5.69 Å². The first-order valence-electron chi connectivity index (χ1n) is 5.18. The van der Waals surface area contributed by atoms with Crippen LogP contribution in [0.25, 0.3) is 0 Å². The van der Waals surface area contributed by atoms with Crippen LogP contribution in [0.5, 0.6) is 11.6 Å². The Morgan fingerprint density at radius 3 is 2.37 bits per heavy atom. The summed E-state index contributed by atoms with van der Waals surface area (Å²) in [5.41, 5.74) is 0.0117. The Labute approximate surface area is 107 Å². The van der Waals surface area contributed by atoms with Crippen molar-refractivity contribution in [3.05, 3.63) is 58.3 Å². The van der Waals surface area contributed by atoms with Crippen LogP contribution in [0.2, 0.25) is 0 Å². The van der Waals surface area contributed by atoms with Gasteiger partial charge < -0.3 is 9.84 Å². The number of carbonyl (C=O) groups is 1. The Hall–Kier alpha value is -2.96. The summed E-state index contributed by atoms with van der Waals surface area (Å²) in [6, 6.07) is 8.38. The molecule has 2 rings (SSSR count). The van der Waals surface area contributed by atoms with E-state index in [0.717, 1.165) is 6.20 Å². The first-order chi connectivity index (χ1) is 9.06. The maximum atomic E-state index is 10.7. The number of benzene rings is 1. The van der Waals surface area contributed by atoms with Gasteiger partial charge in [0, 0.05) is 12.1 Å². The molecule has 0 saturated carbocycles. The standard InChI is InChI=1S/C12H8N2O5/c15-12(16)8-1-4-10(5-2-8)19-11-6-3-9(7-13-11)14(17)18/h1-7H,(H,15,16). The summed E-state index contributed by atoms with van der Waals surface area (Å²) in [5, 5.41) is 19.2. The molecule has 1 N–H and O–H groups in total. The van der Waals surface area contributed by atoms with Crippen molar-refractivity contribution in [1.29, 1.82) is 0 Å². The molecule has 0 bridgehead atoms. The second kappa shape index (κ2) is 5.13. The topological polar surface area (TPSA) is 103 Å². The summed E-state index contributed by atoms with van der Waals surface area (Å²) in [6.45, 7) is 0. The van der Waals surface area contributed by atoms with Gasteiger partial charge in [0.1, 0.15) is 11.9 Å². The summed E-state index contributed by atoms with van der Waals surface area (Å²) in [5.74, 6) is -0.444. The third kappa shape index (κ3) is 3.03. The monoisotopic (exact) mass is 260 g/mol. The van der Waals surface area contributed by atoms with Crippen molar-refractivity contribution in [2.75, 3.05) is 0 Å². The van der Waals surface area contributed by atoms with Crippen LogP contribution in [-0.2, 0) is 0 Å². The van der Waals surface area contributed by atoms with Crippen LogP contribution in [-0.4, -0.2) is 21.0 Å². The van der Waals surface area contributed by atoms with Crippen LogP contribution in [0, 0.1) is 10.1 Å². The van der Waals surface area contributed by atoms with Crippen molar-refractivity contribution >= 4 is 11.7 Å². The first kappa shape index (κ1) is 12.5. The second-order valence-corrected chi connectivity index (χ2v) is 3.54. The number of hydrogen-bond acceptors (Lipinski definition) is 5. The Kier molecular flexibility index (Phi) is 3.37. The van der Waals surface area contributed by atoms with Crippen molar-refractivity contribution in [3.63, 3.8) is 0 Å².